The first-order valence-corrected chi connectivity index (χ1v) is 6.77. The summed E-state index contributed by atoms with van der Waals surface area (Å²) in [5.41, 5.74) is -0.888. The summed E-state index contributed by atoms with van der Waals surface area (Å²) in [5.74, 6) is 0.129. The molecule has 0 aromatic carbocycles. The van der Waals surface area contributed by atoms with Gasteiger partial charge in [0.15, 0.2) is 0 Å². The van der Waals surface area contributed by atoms with Crippen molar-refractivity contribution in [3.63, 3.8) is 0 Å². The van der Waals surface area contributed by atoms with Gasteiger partial charge >= 0.3 is 0 Å². The predicted molar refractivity (Wildman–Crippen MR) is 72.0 cm³/mol. The number of carbonyl (C=O) groups excluding carboxylic acids is 2. The molecule has 0 radical (unpaired) electrons. The van der Waals surface area contributed by atoms with E-state index in [2.05, 4.69) is 6.07 Å². The second-order valence-corrected chi connectivity index (χ2v) is 5.72. The van der Waals surface area contributed by atoms with E-state index in [-0.39, 0.29) is 18.4 Å². The average molecular weight is 265 g/mol. The van der Waals surface area contributed by atoms with Crippen LogP contribution in [0.5, 0.6) is 0 Å². The molecule has 1 aliphatic carbocycles. The van der Waals surface area contributed by atoms with Gasteiger partial charge in [0.1, 0.15) is 5.41 Å². The van der Waals surface area contributed by atoms with Crippen molar-refractivity contribution in [2.75, 3.05) is 27.2 Å². The summed E-state index contributed by atoms with van der Waals surface area (Å²) in [4.78, 5) is 27.3. The summed E-state index contributed by atoms with van der Waals surface area (Å²) in [5, 5.41) is 9.29. The molecule has 0 spiro atoms. The first kappa shape index (κ1) is 15.5. The molecule has 0 atom stereocenters. The topological polar surface area (TPSA) is 64.4 Å². The highest BCUT2D eigenvalue weighted by atomic mass is 16.2. The normalized spacial score (nSPS) is 25.1. The molecule has 0 heterocycles. The molecule has 5 heteroatoms. The minimum atomic E-state index is -0.888. The Balaban J connectivity index is 2.79. The Bertz CT molecular complexity index is 392. The molecule has 0 aliphatic heterocycles. The van der Waals surface area contributed by atoms with Gasteiger partial charge in [-0.15, -0.1) is 0 Å². The quantitative estimate of drug-likeness (QED) is 0.751. The standard InChI is InChI=1S/C14H23N3O2/c1-5-6-17(9-12(18)16(3)4)13(19)14(10-15)7-11(2)8-14/h11H,5-9H2,1-4H3. The fourth-order valence-electron chi connectivity index (χ4n) is 2.57. The maximum Gasteiger partial charge on any atom is 0.243 e. The molecule has 2 amide bonds. The van der Waals surface area contributed by atoms with Crippen LogP contribution < -0.4 is 0 Å². The molecule has 0 bridgehead atoms. The summed E-state index contributed by atoms with van der Waals surface area (Å²) in [6, 6.07) is 2.17. The highest BCUT2D eigenvalue weighted by Gasteiger charge is 2.50. The third-order valence-corrected chi connectivity index (χ3v) is 3.62. The molecule has 1 fully saturated rings. The van der Waals surface area contributed by atoms with Crippen molar-refractivity contribution in [2.45, 2.75) is 33.1 Å². The van der Waals surface area contributed by atoms with Gasteiger partial charge in [0.05, 0.1) is 12.6 Å². The van der Waals surface area contributed by atoms with E-state index in [9.17, 15) is 14.9 Å². The number of likely N-dealkylation sites (N-methyl/N-ethyl adjacent to an activating group) is 1. The minimum Gasteiger partial charge on any atom is -0.347 e. The van der Waals surface area contributed by atoms with E-state index >= 15 is 0 Å². The number of carbonyl (C=O) groups is 2. The van der Waals surface area contributed by atoms with Gasteiger partial charge in [-0.3, -0.25) is 9.59 Å². The molecule has 0 unspecified atom stereocenters. The van der Waals surface area contributed by atoms with Crippen molar-refractivity contribution in [3.8, 4) is 6.07 Å². The average Bonchev–Trinajstić information content (AvgIpc) is 2.33. The van der Waals surface area contributed by atoms with E-state index in [4.69, 9.17) is 0 Å². The zero-order valence-corrected chi connectivity index (χ0v) is 12.3. The highest BCUT2D eigenvalue weighted by molar-refractivity contribution is 5.90. The molecule has 0 aromatic rings. The van der Waals surface area contributed by atoms with Crippen molar-refractivity contribution in [1.29, 1.82) is 5.26 Å². The third-order valence-electron chi connectivity index (χ3n) is 3.62. The van der Waals surface area contributed by atoms with Crippen molar-refractivity contribution >= 4 is 11.8 Å². The molecule has 0 N–H and O–H groups in total. The Morgan fingerprint density at radius 3 is 2.32 bits per heavy atom. The minimum absolute atomic E-state index is 0.0669. The molecule has 19 heavy (non-hydrogen) atoms. The third kappa shape index (κ3) is 3.25. The summed E-state index contributed by atoms with van der Waals surface area (Å²) >= 11 is 0. The Morgan fingerprint density at radius 1 is 1.37 bits per heavy atom. The van der Waals surface area contributed by atoms with Gasteiger partial charge in [-0.2, -0.15) is 5.26 Å². The van der Waals surface area contributed by atoms with Crippen molar-refractivity contribution in [3.05, 3.63) is 0 Å². The summed E-state index contributed by atoms with van der Waals surface area (Å²) < 4.78 is 0. The Kier molecular flexibility index (Phi) is 4.93. The zero-order chi connectivity index (χ0) is 14.6. The summed E-state index contributed by atoms with van der Waals surface area (Å²) in [6.07, 6.45) is 2.00. The lowest BCUT2D eigenvalue weighted by molar-refractivity contribution is -0.149. The second kappa shape index (κ2) is 6.05. The molecule has 0 aromatic heterocycles. The van der Waals surface area contributed by atoms with Crippen molar-refractivity contribution < 1.29 is 9.59 Å². The number of rotatable bonds is 5. The molecular weight excluding hydrogens is 242 g/mol. The lowest BCUT2D eigenvalue weighted by atomic mass is 9.62. The van der Waals surface area contributed by atoms with E-state index in [1.165, 1.54) is 9.80 Å². The highest BCUT2D eigenvalue weighted by Crippen LogP contribution is 2.46. The maximum absolute atomic E-state index is 12.5. The van der Waals surface area contributed by atoms with Gasteiger partial charge < -0.3 is 9.80 Å². The van der Waals surface area contributed by atoms with Crippen LogP contribution >= 0.6 is 0 Å². The monoisotopic (exact) mass is 265 g/mol. The number of nitrogens with zero attached hydrogens (tertiary/aromatic N) is 3. The van der Waals surface area contributed by atoms with Crippen LogP contribution in [-0.2, 0) is 9.59 Å². The maximum atomic E-state index is 12.5. The van der Waals surface area contributed by atoms with Crippen molar-refractivity contribution in [2.24, 2.45) is 11.3 Å². The van der Waals surface area contributed by atoms with Gasteiger partial charge in [0, 0.05) is 20.6 Å². The molecular formula is C14H23N3O2. The largest absolute Gasteiger partial charge is 0.347 e. The van der Waals surface area contributed by atoms with E-state index in [1.54, 1.807) is 14.1 Å². The van der Waals surface area contributed by atoms with Gasteiger partial charge in [0.25, 0.3) is 0 Å². The van der Waals surface area contributed by atoms with Gasteiger partial charge in [0.2, 0.25) is 11.8 Å². The first-order chi connectivity index (χ1) is 8.86. The number of nitriles is 1. The smallest absolute Gasteiger partial charge is 0.243 e. The van der Waals surface area contributed by atoms with E-state index in [0.717, 1.165) is 6.42 Å². The van der Waals surface area contributed by atoms with E-state index in [0.29, 0.717) is 25.3 Å². The van der Waals surface area contributed by atoms with Crippen molar-refractivity contribution in [1.82, 2.24) is 9.80 Å². The Labute approximate surface area is 115 Å². The lowest BCUT2D eigenvalue weighted by Gasteiger charge is -2.42. The van der Waals surface area contributed by atoms with Crippen LogP contribution in [0.1, 0.15) is 33.1 Å². The van der Waals surface area contributed by atoms with Crippen LogP contribution in [0.25, 0.3) is 0 Å². The number of hydrogen-bond acceptors (Lipinski definition) is 3. The predicted octanol–water partition coefficient (Wildman–Crippen LogP) is 1.25. The lowest BCUT2D eigenvalue weighted by Crippen LogP contribution is -2.52. The van der Waals surface area contributed by atoms with Crippen LogP contribution in [-0.4, -0.2) is 48.8 Å². The summed E-state index contributed by atoms with van der Waals surface area (Å²) in [7, 11) is 3.34. The van der Waals surface area contributed by atoms with Crippen LogP contribution in [0, 0.1) is 22.7 Å². The van der Waals surface area contributed by atoms with Crippen LogP contribution in [0.2, 0.25) is 0 Å². The van der Waals surface area contributed by atoms with Crippen LogP contribution in [0.3, 0.4) is 0 Å². The van der Waals surface area contributed by atoms with Gasteiger partial charge in [-0.05, 0) is 25.2 Å². The molecule has 1 saturated carbocycles. The molecule has 106 valence electrons. The molecule has 1 rings (SSSR count). The number of amides is 2. The van der Waals surface area contributed by atoms with E-state index in [1.807, 2.05) is 13.8 Å². The Morgan fingerprint density at radius 2 is 1.95 bits per heavy atom. The second-order valence-electron chi connectivity index (χ2n) is 5.72. The summed E-state index contributed by atoms with van der Waals surface area (Å²) in [6.45, 7) is 4.59. The van der Waals surface area contributed by atoms with Crippen LogP contribution in [0.15, 0.2) is 0 Å². The van der Waals surface area contributed by atoms with Gasteiger partial charge in [-0.1, -0.05) is 13.8 Å². The Hall–Kier alpha value is -1.57. The fraction of sp³-hybridized carbons (Fsp3) is 0.786. The molecule has 5 nitrogen and oxygen atoms in total. The fourth-order valence-corrected chi connectivity index (χ4v) is 2.57. The molecule has 1 aliphatic rings. The van der Waals surface area contributed by atoms with E-state index < -0.39 is 5.41 Å². The van der Waals surface area contributed by atoms with Gasteiger partial charge in [-0.25, -0.2) is 0 Å². The SMILES string of the molecule is CCCN(CC(=O)N(C)C)C(=O)C1(C#N)CC(C)C1. The number of hydrogen-bond donors (Lipinski definition) is 0. The zero-order valence-electron chi connectivity index (χ0n) is 12.3. The molecule has 0 saturated heterocycles. The first-order valence-electron chi connectivity index (χ1n) is 6.77. The van der Waals surface area contributed by atoms with Crippen LogP contribution in [0.4, 0.5) is 0 Å².